The van der Waals surface area contributed by atoms with Gasteiger partial charge in [0.1, 0.15) is 0 Å². The Morgan fingerprint density at radius 3 is 2.83 bits per heavy atom. The molecule has 2 saturated heterocycles. The number of allylic oxidation sites excluding steroid dienone is 1. The van der Waals surface area contributed by atoms with Gasteiger partial charge in [0.25, 0.3) is 0 Å². The van der Waals surface area contributed by atoms with Crippen LogP contribution >= 0.6 is 0 Å². The lowest BCUT2D eigenvalue weighted by molar-refractivity contribution is 0.0966. The largest absolute Gasteiger partial charge is 0.304 e. The molecule has 128 valence electrons. The second kappa shape index (κ2) is 8.08. The molecule has 1 aromatic rings. The van der Waals surface area contributed by atoms with Gasteiger partial charge in [-0.1, -0.05) is 6.08 Å². The van der Waals surface area contributed by atoms with Crippen molar-refractivity contribution in [2.75, 3.05) is 52.9 Å². The van der Waals surface area contributed by atoms with Crippen LogP contribution in [0.1, 0.15) is 18.4 Å². The van der Waals surface area contributed by atoms with Crippen molar-refractivity contribution in [2.45, 2.75) is 25.9 Å². The first-order chi connectivity index (χ1) is 11.2. The van der Waals surface area contributed by atoms with Gasteiger partial charge in [0.2, 0.25) is 0 Å². The van der Waals surface area contributed by atoms with Gasteiger partial charge in [-0.25, -0.2) is 0 Å². The number of likely N-dealkylation sites (N-methyl/N-ethyl adjacent to an activating group) is 1. The summed E-state index contributed by atoms with van der Waals surface area (Å²) in [5, 5.41) is 4.40. The highest BCUT2D eigenvalue weighted by Crippen LogP contribution is 2.20. The van der Waals surface area contributed by atoms with Crippen molar-refractivity contribution in [1.82, 2.24) is 24.5 Å². The van der Waals surface area contributed by atoms with Crippen molar-refractivity contribution in [1.29, 1.82) is 0 Å². The van der Waals surface area contributed by atoms with Gasteiger partial charge in [-0.05, 0) is 32.4 Å². The van der Waals surface area contributed by atoms with E-state index in [0.717, 1.165) is 19.0 Å². The molecule has 0 aromatic carbocycles. The van der Waals surface area contributed by atoms with Crippen LogP contribution in [0, 0.1) is 5.92 Å². The van der Waals surface area contributed by atoms with E-state index in [2.05, 4.69) is 39.6 Å². The molecule has 1 aromatic heterocycles. The molecule has 23 heavy (non-hydrogen) atoms. The van der Waals surface area contributed by atoms with E-state index in [1.165, 1.54) is 64.2 Å². The number of hydrogen-bond acceptors (Lipinski definition) is 4. The summed E-state index contributed by atoms with van der Waals surface area (Å²) in [5.74, 6) is 0.829. The van der Waals surface area contributed by atoms with Crippen LogP contribution in [0.25, 0.3) is 0 Å². The molecule has 2 fully saturated rings. The van der Waals surface area contributed by atoms with Gasteiger partial charge < -0.3 is 9.80 Å². The molecule has 0 aliphatic carbocycles. The highest BCUT2D eigenvalue weighted by Gasteiger charge is 2.23. The SMILES string of the molecule is C=CCn1cc(CN2CCC[C@H](CN3CCN(C)CC3)C2)cn1. The first-order valence-corrected chi connectivity index (χ1v) is 8.98. The van der Waals surface area contributed by atoms with Crippen LogP contribution in [0.4, 0.5) is 0 Å². The van der Waals surface area contributed by atoms with Gasteiger partial charge in [-0.2, -0.15) is 5.10 Å². The fourth-order valence-electron chi connectivity index (χ4n) is 3.82. The van der Waals surface area contributed by atoms with E-state index in [1.807, 2.05) is 17.0 Å². The van der Waals surface area contributed by atoms with Gasteiger partial charge >= 0.3 is 0 Å². The predicted octanol–water partition coefficient (Wildman–Crippen LogP) is 1.53. The summed E-state index contributed by atoms with van der Waals surface area (Å²) in [6.45, 7) is 14.3. The molecule has 2 aliphatic heterocycles. The van der Waals surface area contributed by atoms with E-state index in [-0.39, 0.29) is 0 Å². The molecule has 0 unspecified atom stereocenters. The molecule has 0 N–H and O–H groups in total. The zero-order valence-electron chi connectivity index (χ0n) is 14.5. The molecule has 2 aliphatic rings. The molecule has 0 radical (unpaired) electrons. The second-order valence-corrected chi connectivity index (χ2v) is 7.21. The van der Waals surface area contributed by atoms with E-state index in [0.29, 0.717) is 0 Å². The third kappa shape index (κ3) is 4.90. The van der Waals surface area contributed by atoms with Gasteiger partial charge in [0, 0.05) is 57.6 Å². The quantitative estimate of drug-likeness (QED) is 0.744. The van der Waals surface area contributed by atoms with Crippen molar-refractivity contribution < 1.29 is 0 Å². The Bertz CT molecular complexity index is 489. The van der Waals surface area contributed by atoms with Crippen LogP contribution in [0.2, 0.25) is 0 Å². The Balaban J connectivity index is 1.46. The highest BCUT2D eigenvalue weighted by molar-refractivity contribution is 5.04. The van der Waals surface area contributed by atoms with Crippen molar-refractivity contribution in [2.24, 2.45) is 5.92 Å². The summed E-state index contributed by atoms with van der Waals surface area (Å²) in [6, 6.07) is 0. The topological polar surface area (TPSA) is 27.5 Å². The van der Waals surface area contributed by atoms with E-state index >= 15 is 0 Å². The van der Waals surface area contributed by atoms with Gasteiger partial charge in [0.05, 0.1) is 12.7 Å². The second-order valence-electron chi connectivity index (χ2n) is 7.21. The lowest BCUT2D eigenvalue weighted by Crippen LogP contribution is -2.48. The average Bonchev–Trinajstić information content (AvgIpc) is 2.98. The van der Waals surface area contributed by atoms with Gasteiger partial charge in [0.15, 0.2) is 0 Å². The predicted molar refractivity (Wildman–Crippen MR) is 94.4 cm³/mol. The fourth-order valence-corrected chi connectivity index (χ4v) is 3.82. The Morgan fingerprint density at radius 2 is 2.04 bits per heavy atom. The molecular weight excluding hydrogens is 286 g/mol. The standard InChI is InChI=1S/C18H31N5/c1-3-6-23-16-18(12-19-23)15-22-7-4-5-17(14-22)13-21-10-8-20(2)9-11-21/h3,12,16-17H,1,4-11,13-15H2,2H3/t17-/m1/s1. The van der Waals surface area contributed by atoms with Crippen LogP contribution in [0.3, 0.4) is 0 Å². The normalized spacial score (nSPS) is 24.8. The lowest BCUT2D eigenvalue weighted by atomic mass is 9.97. The van der Waals surface area contributed by atoms with E-state index in [1.54, 1.807) is 0 Å². The number of nitrogens with zero attached hydrogens (tertiary/aromatic N) is 5. The molecular formula is C18H31N5. The number of likely N-dealkylation sites (tertiary alicyclic amines) is 1. The fraction of sp³-hybridized carbons (Fsp3) is 0.722. The molecule has 3 heterocycles. The molecule has 0 amide bonds. The van der Waals surface area contributed by atoms with Crippen molar-refractivity contribution in [3.63, 3.8) is 0 Å². The highest BCUT2D eigenvalue weighted by atomic mass is 15.3. The van der Waals surface area contributed by atoms with Gasteiger partial charge in [-0.3, -0.25) is 9.58 Å². The van der Waals surface area contributed by atoms with Crippen LogP contribution in [0.5, 0.6) is 0 Å². The van der Waals surface area contributed by atoms with E-state index in [4.69, 9.17) is 0 Å². The maximum Gasteiger partial charge on any atom is 0.0587 e. The summed E-state index contributed by atoms with van der Waals surface area (Å²) in [5.41, 5.74) is 1.33. The van der Waals surface area contributed by atoms with Gasteiger partial charge in [-0.15, -0.1) is 6.58 Å². The number of piperidine rings is 1. The monoisotopic (exact) mass is 317 g/mol. The first kappa shape index (κ1) is 16.7. The number of rotatable bonds is 6. The number of aromatic nitrogens is 2. The lowest BCUT2D eigenvalue weighted by Gasteiger charge is -2.38. The summed E-state index contributed by atoms with van der Waals surface area (Å²) in [7, 11) is 2.23. The van der Waals surface area contributed by atoms with Crippen molar-refractivity contribution in [3.05, 3.63) is 30.6 Å². The molecule has 0 spiro atoms. The maximum absolute atomic E-state index is 4.40. The van der Waals surface area contributed by atoms with Crippen LogP contribution < -0.4 is 0 Å². The number of hydrogen-bond donors (Lipinski definition) is 0. The molecule has 0 bridgehead atoms. The Morgan fingerprint density at radius 1 is 1.22 bits per heavy atom. The molecule has 3 rings (SSSR count). The molecule has 0 saturated carbocycles. The molecule has 5 nitrogen and oxygen atoms in total. The van der Waals surface area contributed by atoms with Crippen molar-refractivity contribution >= 4 is 0 Å². The minimum Gasteiger partial charge on any atom is -0.304 e. The zero-order valence-corrected chi connectivity index (χ0v) is 14.5. The van der Waals surface area contributed by atoms with Crippen LogP contribution in [0.15, 0.2) is 25.0 Å². The van der Waals surface area contributed by atoms with Crippen molar-refractivity contribution in [3.8, 4) is 0 Å². The minimum absolute atomic E-state index is 0.798. The Hall–Kier alpha value is -1.17. The summed E-state index contributed by atoms with van der Waals surface area (Å²) < 4.78 is 1.97. The first-order valence-electron chi connectivity index (χ1n) is 8.98. The molecule has 5 heteroatoms. The summed E-state index contributed by atoms with van der Waals surface area (Å²) in [6.07, 6.45) is 8.78. The molecule has 1 atom stereocenters. The summed E-state index contributed by atoms with van der Waals surface area (Å²) in [4.78, 5) is 7.71. The third-order valence-corrected chi connectivity index (χ3v) is 5.12. The summed E-state index contributed by atoms with van der Waals surface area (Å²) >= 11 is 0. The Labute approximate surface area is 140 Å². The van der Waals surface area contributed by atoms with E-state index in [9.17, 15) is 0 Å². The Kier molecular flexibility index (Phi) is 5.86. The number of piperazine rings is 1. The van der Waals surface area contributed by atoms with E-state index < -0.39 is 0 Å². The average molecular weight is 317 g/mol. The van der Waals surface area contributed by atoms with Crippen LogP contribution in [-0.4, -0.2) is 77.3 Å². The minimum atomic E-state index is 0.798. The zero-order chi connectivity index (χ0) is 16.1. The smallest absolute Gasteiger partial charge is 0.0587 e. The third-order valence-electron chi connectivity index (χ3n) is 5.12. The van der Waals surface area contributed by atoms with Crippen LogP contribution in [-0.2, 0) is 13.1 Å². The maximum atomic E-state index is 4.40.